The van der Waals surface area contributed by atoms with Gasteiger partial charge in [-0.1, -0.05) is 0 Å². The minimum absolute atomic E-state index is 0.551. The van der Waals surface area contributed by atoms with Crippen molar-refractivity contribution in [3.05, 3.63) is 0 Å². The molecule has 1 N–H and O–H groups in total. The van der Waals surface area contributed by atoms with E-state index in [0.717, 1.165) is 0 Å². The molecule has 0 aromatic heterocycles. The molecule has 0 fully saturated rings. The zero-order valence-electron chi connectivity index (χ0n) is 5.38. The average molecular weight is 131 g/mol. The Balaban J connectivity index is 3.46. The molecule has 0 saturated heterocycles. The van der Waals surface area contributed by atoms with Crippen molar-refractivity contribution in [3.8, 4) is 0 Å². The lowest BCUT2D eigenvalue weighted by atomic mass is 10.5. The Morgan fingerprint density at radius 1 is 1.78 bits per heavy atom. The molecular formula is C5H9NO3. The van der Waals surface area contributed by atoms with E-state index < -0.39 is 12.2 Å². The summed E-state index contributed by atoms with van der Waals surface area (Å²) in [5.41, 5.74) is 0. The fourth-order valence-electron chi connectivity index (χ4n) is 0.256. The van der Waals surface area contributed by atoms with Crippen molar-refractivity contribution in [1.82, 2.24) is 5.32 Å². The summed E-state index contributed by atoms with van der Waals surface area (Å²) >= 11 is 0. The molecule has 0 aliphatic heterocycles. The van der Waals surface area contributed by atoms with Gasteiger partial charge in [-0.05, 0) is 6.92 Å². The summed E-state index contributed by atoms with van der Waals surface area (Å²) < 4.78 is 4.43. The Hall–Kier alpha value is -1.06. The Labute approximate surface area is 53.2 Å². The first-order valence-electron chi connectivity index (χ1n) is 2.54. The number of carbonyl (C=O) groups is 2. The van der Waals surface area contributed by atoms with Crippen LogP contribution in [0.5, 0.6) is 0 Å². The summed E-state index contributed by atoms with van der Waals surface area (Å²) in [4.78, 5) is 20.1. The first kappa shape index (κ1) is 7.94. The van der Waals surface area contributed by atoms with E-state index in [4.69, 9.17) is 0 Å². The molecule has 0 aromatic carbocycles. The molecule has 0 aliphatic rings. The first-order valence-corrected chi connectivity index (χ1v) is 2.54. The molecule has 1 atom stereocenters. The fourth-order valence-corrected chi connectivity index (χ4v) is 0.256. The van der Waals surface area contributed by atoms with Gasteiger partial charge in [-0.3, -0.25) is 4.79 Å². The van der Waals surface area contributed by atoms with Crippen molar-refractivity contribution in [1.29, 1.82) is 0 Å². The summed E-state index contributed by atoms with van der Waals surface area (Å²) in [6, 6.07) is 0. The van der Waals surface area contributed by atoms with E-state index in [1.807, 2.05) is 0 Å². The zero-order chi connectivity index (χ0) is 7.28. The molecule has 0 aromatic rings. The van der Waals surface area contributed by atoms with Crippen LogP contribution in [0.25, 0.3) is 0 Å². The predicted octanol–water partition coefficient (Wildman–Crippen LogP) is -0.0702. The van der Waals surface area contributed by atoms with Crippen LogP contribution in [-0.4, -0.2) is 25.5 Å². The highest BCUT2D eigenvalue weighted by atomic mass is 16.6. The molecule has 0 bridgehead atoms. The normalized spacial score (nSPS) is 11.8. The highest BCUT2D eigenvalue weighted by Crippen LogP contribution is 1.84. The van der Waals surface area contributed by atoms with Gasteiger partial charge >= 0.3 is 6.09 Å². The zero-order valence-corrected chi connectivity index (χ0v) is 5.38. The largest absolute Gasteiger partial charge is 0.439 e. The molecule has 9 heavy (non-hydrogen) atoms. The van der Waals surface area contributed by atoms with Gasteiger partial charge in [-0.25, -0.2) is 4.79 Å². The number of carbonyl (C=O) groups excluding carboxylic acids is 2. The minimum Gasteiger partial charge on any atom is -0.439 e. The van der Waals surface area contributed by atoms with Gasteiger partial charge in [-0.15, -0.1) is 0 Å². The third-order valence-electron chi connectivity index (χ3n) is 0.689. The van der Waals surface area contributed by atoms with E-state index >= 15 is 0 Å². The van der Waals surface area contributed by atoms with Crippen LogP contribution in [0.2, 0.25) is 0 Å². The lowest BCUT2D eigenvalue weighted by Gasteiger charge is -2.03. The van der Waals surface area contributed by atoms with Gasteiger partial charge in [0, 0.05) is 7.05 Å². The molecular weight excluding hydrogens is 122 g/mol. The molecule has 0 saturated carbocycles. The van der Waals surface area contributed by atoms with E-state index in [0.29, 0.717) is 6.29 Å². The van der Waals surface area contributed by atoms with Gasteiger partial charge in [-0.2, -0.15) is 0 Å². The molecule has 0 aliphatic carbocycles. The van der Waals surface area contributed by atoms with Gasteiger partial charge in [0.15, 0.2) is 12.4 Å². The van der Waals surface area contributed by atoms with Crippen LogP contribution >= 0.6 is 0 Å². The molecule has 1 amide bonds. The maximum absolute atomic E-state index is 10.3. The Kier molecular flexibility index (Phi) is 3.43. The summed E-state index contributed by atoms with van der Waals surface area (Å²) in [5.74, 6) is 0. The van der Waals surface area contributed by atoms with Gasteiger partial charge in [0.25, 0.3) is 0 Å². The standard InChI is InChI=1S/C5H9NO3/c1-4(3-7)9-5(8)6-2/h3-4H,1-2H3,(H,6,8). The summed E-state index contributed by atoms with van der Waals surface area (Å²) in [6.07, 6.45) is -0.700. The quantitative estimate of drug-likeness (QED) is 0.534. The van der Waals surface area contributed by atoms with Crippen molar-refractivity contribution in [2.24, 2.45) is 0 Å². The van der Waals surface area contributed by atoms with Gasteiger partial charge in [0.2, 0.25) is 0 Å². The second-order valence-corrected chi connectivity index (χ2v) is 1.50. The van der Waals surface area contributed by atoms with Crippen LogP contribution in [0.3, 0.4) is 0 Å². The highest BCUT2D eigenvalue weighted by Gasteiger charge is 2.03. The highest BCUT2D eigenvalue weighted by molar-refractivity contribution is 5.70. The lowest BCUT2D eigenvalue weighted by molar-refractivity contribution is -0.114. The third kappa shape index (κ3) is 3.52. The van der Waals surface area contributed by atoms with Crippen molar-refractivity contribution < 1.29 is 14.3 Å². The molecule has 0 heterocycles. The molecule has 4 nitrogen and oxygen atoms in total. The number of ether oxygens (including phenoxy) is 1. The molecule has 4 heteroatoms. The average Bonchev–Trinajstić information content (AvgIpc) is 1.87. The Bertz CT molecular complexity index is 113. The SMILES string of the molecule is CNC(=O)OC(C)C=O. The molecule has 0 radical (unpaired) electrons. The van der Waals surface area contributed by atoms with E-state index in [2.05, 4.69) is 10.1 Å². The van der Waals surface area contributed by atoms with Crippen molar-refractivity contribution in [3.63, 3.8) is 0 Å². The number of amides is 1. The van der Waals surface area contributed by atoms with Crippen molar-refractivity contribution in [2.75, 3.05) is 7.05 Å². The van der Waals surface area contributed by atoms with Crippen LogP contribution in [0.15, 0.2) is 0 Å². The second-order valence-electron chi connectivity index (χ2n) is 1.50. The number of hydrogen-bond acceptors (Lipinski definition) is 3. The fraction of sp³-hybridized carbons (Fsp3) is 0.600. The van der Waals surface area contributed by atoms with E-state index in [1.54, 1.807) is 0 Å². The molecule has 0 rings (SSSR count). The topological polar surface area (TPSA) is 55.4 Å². The van der Waals surface area contributed by atoms with Crippen LogP contribution in [-0.2, 0) is 9.53 Å². The predicted molar refractivity (Wildman–Crippen MR) is 31.1 cm³/mol. The lowest BCUT2D eigenvalue weighted by Crippen LogP contribution is -2.24. The van der Waals surface area contributed by atoms with Crippen LogP contribution < -0.4 is 5.32 Å². The van der Waals surface area contributed by atoms with Gasteiger partial charge < -0.3 is 10.1 Å². The van der Waals surface area contributed by atoms with Gasteiger partial charge in [0.05, 0.1) is 0 Å². The monoisotopic (exact) mass is 131 g/mol. The number of hydrogen-bond donors (Lipinski definition) is 1. The maximum Gasteiger partial charge on any atom is 0.407 e. The Morgan fingerprint density at radius 3 is 2.67 bits per heavy atom. The number of aldehydes is 1. The van der Waals surface area contributed by atoms with Gasteiger partial charge in [0.1, 0.15) is 0 Å². The number of rotatable bonds is 2. The van der Waals surface area contributed by atoms with Crippen LogP contribution in [0, 0.1) is 0 Å². The second kappa shape index (κ2) is 3.88. The molecule has 0 spiro atoms. The van der Waals surface area contributed by atoms with Crippen molar-refractivity contribution >= 4 is 12.4 Å². The molecule has 1 unspecified atom stereocenters. The number of alkyl carbamates (subject to hydrolysis) is 1. The van der Waals surface area contributed by atoms with Crippen LogP contribution in [0.4, 0.5) is 4.79 Å². The summed E-state index contributed by atoms with van der Waals surface area (Å²) in [7, 11) is 1.43. The summed E-state index contributed by atoms with van der Waals surface area (Å²) in [5, 5.41) is 2.21. The van der Waals surface area contributed by atoms with E-state index in [1.165, 1.54) is 14.0 Å². The van der Waals surface area contributed by atoms with Crippen LogP contribution in [0.1, 0.15) is 6.92 Å². The first-order chi connectivity index (χ1) is 4.20. The summed E-state index contributed by atoms with van der Waals surface area (Å²) in [6.45, 7) is 1.49. The Morgan fingerprint density at radius 2 is 2.33 bits per heavy atom. The minimum atomic E-state index is -0.662. The number of nitrogens with one attached hydrogen (secondary N) is 1. The molecule has 52 valence electrons. The van der Waals surface area contributed by atoms with E-state index in [-0.39, 0.29) is 0 Å². The smallest absolute Gasteiger partial charge is 0.407 e. The van der Waals surface area contributed by atoms with Crippen molar-refractivity contribution in [2.45, 2.75) is 13.0 Å². The van der Waals surface area contributed by atoms with E-state index in [9.17, 15) is 9.59 Å². The third-order valence-corrected chi connectivity index (χ3v) is 0.689. The maximum atomic E-state index is 10.3.